The molecule has 4 aromatic rings. The van der Waals surface area contributed by atoms with E-state index < -0.39 is 0 Å². The summed E-state index contributed by atoms with van der Waals surface area (Å²) < 4.78 is 13.2. The van der Waals surface area contributed by atoms with Crippen LogP contribution >= 0.6 is 0 Å². The summed E-state index contributed by atoms with van der Waals surface area (Å²) in [6, 6.07) is 22.8. The minimum atomic E-state index is -0.125. The van der Waals surface area contributed by atoms with E-state index in [1.54, 1.807) is 0 Å². The number of benzene rings is 3. The van der Waals surface area contributed by atoms with Gasteiger partial charge in [0, 0.05) is 32.7 Å². The summed E-state index contributed by atoms with van der Waals surface area (Å²) in [5.41, 5.74) is 5.63. The van der Waals surface area contributed by atoms with Crippen LogP contribution in [0.25, 0.3) is 11.8 Å². The Kier molecular flexibility index (Phi) is 6.90. The lowest BCUT2D eigenvalue weighted by Gasteiger charge is -2.38. The van der Waals surface area contributed by atoms with Crippen molar-refractivity contribution in [1.29, 1.82) is 0 Å². The molecule has 1 saturated heterocycles. The molecule has 2 aliphatic heterocycles. The fraction of sp³-hybridized carbons (Fsp3) is 0.300. The van der Waals surface area contributed by atoms with Crippen molar-refractivity contribution in [3.63, 3.8) is 0 Å². The molecule has 194 valence electrons. The maximum Gasteiger partial charge on any atom is 0.231 e. The van der Waals surface area contributed by atoms with Crippen LogP contribution in [0, 0.1) is 13.8 Å². The Balaban J connectivity index is 1.28. The number of aryl methyl sites for hydroxylation is 2. The first-order valence-corrected chi connectivity index (χ1v) is 13.1. The highest BCUT2D eigenvalue weighted by atomic mass is 16.7. The number of nitrogens with zero attached hydrogens (tertiary/aromatic N) is 6. The normalized spacial score (nSPS) is 16.8. The molecule has 8 heteroatoms. The number of aromatic nitrogens is 4. The molecule has 1 aromatic heterocycles. The quantitative estimate of drug-likeness (QED) is 0.366. The molecule has 0 N–H and O–H groups in total. The third kappa shape index (κ3) is 4.92. The van der Waals surface area contributed by atoms with Gasteiger partial charge in [0.05, 0.1) is 11.7 Å². The largest absolute Gasteiger partial charge is 0.454 e. The Labute approximate surface area is 223 Å². The zero-order valence-corrected chi connectivity index (χ0v) is 21.8. The van der Waals surface area contributed by atoms with Gasteiger partial charge in [-0.2, -0.15) is 4.68 Å². The number of hydrogen-bond acceptors (Lipinski definition) is 7. The molecule has 38 heavy (non-hydrogen) atoms. The van der Waals surface area contributed by atoms with E-state index in [0.717, 1.165) is 72.4 Å². The van der Waals surface area contributed by atoms with Gasteiger partial charge in [0.2, 0.25) is 6.79 Å². The van der Waals surface area contributed by atoms with Gasteiger partial charge in [0.25, 0.3) is 0 Å². The maximum absolute atomic E-state index is 5.73. The lowest BCUT2D eigenvalue weighted by molar-refractivity contribution is 0.113. The fourth-order valence-electron chi connectivity index (χ4n) is 5.38. The van der Waals surface area contributed by atoms with Crippen LogP contribution in [0.5, 0.6) is 11.5 Å². The van der Waals surface area contributed by atoms with E-state index in [1.165, 1.54) is 5.56 Å². The predicted octanol–water partition coefficient (Wildman–Crippen LogP) is 4.43. The Morgan fingerprint density at radius 1 is 0.868 bits per heavy atom. The van der Waals surface area contributed by atoms with E-state index in [-0.39, 0.29) is 12.8 Å². The van der Waals surface area contributed by atoms with Crippen molar-refractivity contribution >= 4 is 6.08 Å². The molecule has 1 fully saturated rings. The second-order valence-electron chi connectivity index (χ2n) is 9.85. The molecule has 0 radical (unpaired) electrons. The van der Waals surface area contributed by atoms with Crippen LogP contribution in [-0.4, -0.2) is 69.5 Å². The van der Waals surface area contributed by atoms with Crippen LogP contribution in [0.15, 0.2) is 72.8 Å². The van der Waals surface area contributed by atoms with Gasteiger partial charge in [-0.3, -0.25) is 9.80 Å². The van der Waals surface area contributed by atoms with Crippen molar-refractivity contribution in [3.8, 4) is 17.2 Å². The molecule has 6 rings (SSSR count). The predicted molar refractivity (Wildman–Crippen MR) is 147 cm³/mol. The average Bonchev–Trinajstić information content (AvgIpc) is 3.60. The van der Waals surface area contributed by atoms with Crippen LogP contribution in [0.3, 0.4) is 0 Å². The summed E-state index contributed by atoms with van der Waals surface area (Å²) in [5.74, 6) is 2.35. The summed E-state index contributed by atoms with van der Waals surface area (Å²) in [7, 11) is 0. The monoisotopic (exact) mass is 508 g/mol. The van der Waals surface area contributed by atoms with Crippen molar-refractivity contribution in [2.24, 2.45) is 0 Å². The molecule has 0 amide bonds. The highest BCUT2D eigenvalue weighted by Gasteiger charge is 2.32. The standard InChI is InChI=1S/C30H32N6O2/c1-22-8-6-9-23(2)28(22)36-30(31-32-33-36)29(25-13-14-26-27(20-25)38-21-37-26)35-18-16-34(17-19-35)15-7-12-24-10-4-3-5-11-24/h3-14,20,29H,15-19,21H2,1-2H3/b12-7+/t29-/m0/s1. The highest BCUT2D eigenvalue weighted by molar-refractivity contribution is 5.50. The SMILES string of the molecule is Cc1cccc(C)c1-n1nnnc1[C@H](c1ccc2c(c1)OCO2)N1CCN(C/C=C/c2ccccc2)CC1. The molecule has 0 unspecified atom stereocenters. The molecule has 1 atom stereocenters. The molecule has 3 aromatic carbocycles. The number of rotatable bonds is 7. The molecular weight excluding hydrogens is 476 g/mol. The summed E-state index contributed by atoms with van der Waals surface area (Å²) >= 11 is 0. The molecule has 0 saturated carbocycles. The number of para-hydroxylation sites is 1. The van der Waals surface area contributed by atoms with E-state index in [2.05, 4.69) is 106 Å². The van der Waals surface area contributed by atoms with Crippen LogP contribution in [0.1, 0.15) is 34.1 Å². The molecule has 8 nitrogen and oxygen atoms in total. The van der Waals surface area contributed by atoms with Gasteiger partial charge < -0.3 is 9.47 Å². The number of ether oxygens (including phenoxy) is 2. The van der Waals surface area contributed by atoms with Crippen molar-refractivity contribution in [2.75, 3.05) is 39.5 Å². The van der Waals surface area contributed by atoms with Gasteiger partial charge in [-0.15, -0.1) is 5.10 Å². The van der Waals surface area contributed by atoms with E-state index in [4.69, 9.17) is 9.47 Å². The third-order valence-electron chi connectivity index (χ3n) is 7.35. The second kappa shape index (κ2) is 10.8. The zero-order valence-electron chi connectivity index (χ0n) is 21.8. The summed E-state index contributed by atoms with van der Waals surface area (Å²) in [4.78, 5) is 4.96. The Morgan fingerprint density at radius 2 is 1.63 bits per heavy atom. The van der Waals surface area contributed by atoms with Crippen LogP contribution in [-0.2, 0) is 0 Å². The van der Waals surface area contributed by atoms with E-state index >= 15 is 0 Å². The molecule has 0 spiro atoms. The van der Waals surface area contributed by atoms with Gasteiger partial charge in [-0.1, -0.05) is 66.7 Å². The number of tetrazole rings is 1. The topological polar surface area (TPSA) is 68.5 Å². The molecule has 3 heterocycles. The highest BCUT2D eigenvalue weighted by Crippen LogP contribution is 2.38. The first-order chi connectivity index (χ1) is 18.7. The van der Waals surface area contributed by atoms with Crippen molar-refractivity contribution < 1.29 is 9.47 Å². The Hall–Kier alpha value is -4.01. The van der Waals surface area contributed by atoms with Gasteiger partial charge in [-0.25, -0.2) is 0 Å². The lowest BCUT2D eigenvalue weighted by atomic mass is 10.0. The zero-order chi connectivity index (χ0) is 25.9. The number of fused-ring (bicyclic) bond motifs is 1. The lowest BCUT2D eigenvalue weighted by Crippen LogP contribution is -2.48. The average molecular weight is 509 g/mol. The summed E-state index contributed by atoms with van der Waals surface area (Å²) in [5, 5.41) is 13.2. The molecular formula is C30H32N6O2. The van der Waals surface area contributed by atoms with Gasteiger partial charge >= 0.3 is 0 Å². The summed E-state index contributed by atoms with van der Waals surface area (Å²) in [6.45, 7) is 9.11. The molecule has 0 aliphatic carbocycles. The maximum atomic E-state index is 5.73. The number of hydrogen-bond donors (Lipinski definition) is 0. The van der Waals surface area contributed by atoms with Gasteiger partial charge in [-0.05, 0) is 58.7 Å². The van der Waals surface area contributed by atoms with E-state index in [9.17, 15) is 0 Å². The van der Waals surface area contributed by atoms with E-state index in [1.807, 2.05) is 16.8 Å². The Morgan fingerprint density at radius 3 is 2.42 bits per heavy atom. The van der Waals surface area contributed by atoms with Gasteiger partial charge in [0.15, 0.2) is 17.3 Å². The molecule has 2 aliphatic rings. The Bertz CT molecular complexity index is 1410. The minimum Gasteiger partial charge on any atom is -0.454 e. The van der Waals surface area contributed by atoms with Crippen LogP contribution in [0.2, 0.25) is 0 Å². The van der Waals surface area contributed by atoms with Crippen molar-refractivity contribution in [2.45, 2.75) is 19.9 Å². The first-order valence-electron chi connectivity index (χ1n) is 13.1. The van der Waals surface area contributed by atoms with Crippen LogP contribution < -0.4 is 9.47 Å². The molecule has 0 bridgehead atoms. The second-order valence-corrected chi connectivity index (χ2v) is 9.85. The third-order valence-corrected chi connectivity index (χ3v) is 7.35. The number of piperazine rings is 1. The van der Waals surface area contributed by atoms with Crippen molar-refractivity contribution in [1.82, 2.24) is 30.0 Å². The first kappa shape index (κ1) is 24.3. The minimum absolute atomic E-state index is 0.125. The summed E-state index contributed by atoms with van der Waals surface area (Å²) in [6.07, 6.45) is 4.45. The van der Waals surface area contributed by atoms with Crippen molar-refractivity contribution in [3.05, 3.63) is 101 Å². The fourth-order valence-corrected chi connectivity index (χ4v) is 5.38. The smallest absolute Gasteiger partial charge is 0.231 e. The van der Waals surface area contributed by atoms with Gasteiger partial charge in [0.1, 0.15) is 0 Å². The van der Waals surface area contributed by atoms with E-state index in [0.29, 0.717) is 0 Å². The van der Waals surface area contributed by atoms with Crippen LogP contribution in [0.4, 0.5) is 0 Å².